The summed E-state index contributed by atoms with van der Waals surface area (Å²) in [6, 6.07) is 6.02. The molecule has 2 rings (SSSR count). The van der Waals surface area contributed by atoms with Crippen LogP contribution in [0.15, 0.2) is 18.2 Å². The highest BCUT2D eigenvalue weighted by molar-refractivity contribution is 5.93. The molecule has 1 aliphatic heterocycles. The predicted octanol–water partition coefficient (Wildman–Crippen LogP) is 1.91. The minimum absolute atomic E-state index is 0.0384. The van der Waals surface area contributed by atoms with Crippen molar-refractivity contribution in [1.29, 1.82) is 0 Å². The molecule has 1 saturated heterocycles. The number of carbonyl (C=O) groups is 2. The molecule has 1 aliphatic rings. The van der Waals surface area contributed by atoms with Crippen LogP contribution in [0.25, 0.3) is 0 Å². The first-order valence-corrected chi connectivity index (χ1v) is 7.70. The molecule has 0 N–H and O–H groups in total. The molecule has 0 spiro atoms. The Morgan fingerprint density at radius 3 is 2.55 bits per heavy atom. The van der Waals surface area contributed by atoms with E-state index in [1.165, 1.54) is 0 Å². The van der Waals surface area contributed by atoms with Crippen molar-refractivity contribution in [3.63, 3.8) is 0 Å². The van der Waals surface area contributed by atoms with E-state index in [1.807, 2.05) is 36.9 Å². The first kappa shape index (κ1) is 16.5. The molecule has 0 atom stereocenters. The zero-order chi connectivity index (χ0) is 16.1. The van der Waals surface area contributed by atoms with Crippen LogP contribution in [-0.4, -0.2) is 49.6 Å². The largest absolute Gasteiger partial charge is 0.378 e. The minimum Gasteiger partial charge on any atom is -0.378 e. The number of anilines is 1. The Labute approximate surface area is 131 Å². The van der Waals surface area contributed by atoms with Gasteiger partial charge in [-0.25, -0.2) is 0 Å². The monoisotopic (exact) mass is 304 g/mol. The van der Waals surface area contributed by atoms with Crippen LogP contribution in [0.5, 0.6) is 0 Å². The van der Waals surface area contributed by atoms with E-state index in [0.29, 0.717) is 39.3 Å². The Balaban J connectivity index is 2.04. The van der Waals surface area contributed by atoms with Crippen LogP contribution in [0.2, 0.25) is 0 Å². The second-order valence-corrected chi connectivity index (χ2v) is 5.70. The molecule has 0 aliphatic carbocycles. The second kappa shape index (κ2) is 7.40. The molecular formula is C17H24N2O3. The van der Waals surface area contributed by atoms with E-state index < -0.39 is 0 Å². The molecule has 1 aromatic rings. The lowest BCUT2D eigenvalue weighted by Gasteiger charge is -2.28. The van der Waals surface area contributed by atoms with Gasteiger partial charge in [0.05, 0.1) is 13.2 Å². The van der Waals surface area contributed by atoms with E-state index in [9.17, 15) is 9.59 Å². The number of hydrogen-bond donors (Lipinski definition) is 0. The number of nitrogens with zero attached hydrogens (tertiary/aromatic N) is 2. The molecule has 5 heteroatoms. The van der Waals surface area contributed by atoms with Gasteiger partial charge >= 0.3 is 0 Å². The number of carbonyl (C=O) groups excluding carboxylic acids is 2. The fourth-order valence-electron chi connectivity index (χ4n) is 2.64. The van der Waals surface area contributed by atoms with Gasteiger partial charge in [-0.2, -0.15) is 0 Å². The third kappa shape index (κ3) is 4.07. The first-order chi connectivity index (χ1) is 10.5. The summed E-state index contributed by atoms with van der Waals surface area (Å²) in [4.78, 5) is 27.7. The SMILES string of the molecule is CC(=O)N(CCC(=O)N1CCOCC1)c1cc(C)ccc1C. The molecular weight excluding hydrogens is 280 g/mol. The van der Waals surface area contributed by atoms with Crippen molar-refractivity contribution in [2.45, 2.75) is 27.2 Å². The number of rotatable bonds is 4. The van der Waals surface area contributed by atoms with Gasteiger partial charge in [0.2, 0.25) is 11.8 Å². The molecule has 0 saturated carbocycles. The van der Waals surface area contributed by atoms with Gasteiger partial charge in [-0.1, -0.05) is 12.1 Å². The lowest BCUT2D eigenvalue weighted by Crippen LogP contribution is -2.42. The number of amides is 2. The van der Waals surface area contributed by atoms with E-state index in [1.54, 1.807) is 11.8 Å². The van der Waals surface area contributed by atoms with Crippen LogP contribution < -0.4 is 4.90 Å². The predicted molar refractivity (Wildman–Crippen MR) is 86.0 cm³/mol. The van der Waals surface area contributed by atoms with Crippen LogP contribution in [-0.2, 0) is 14.3 Å². The fraction of sp³-hybridized carbons (Fsp3) is 0.529. The summed E-state index contributed by atoms with van der Waals surface area (Å²) in [5.74, 6) is 0.0448. The van der Waals surface area contributed by atoms with Crippen molar-refractivity contribution >= 4 is 17.5 Å². The minimum atomic E-state index is -0.0384. The molecule has 22 heavy (non-hydrogen) atoms. The lowest BCUT2D eigenvalue weighted by atomic mass is 10.1. The average molecular weight is 304 g/mol. The van der Waals surface area contributed by atoms with Crippen LogP contribution in [0.3, 0.4) is 0 Å². The summed E-state index contributed by atoms with van der Waals surface area (Å²) < 4.78 is 5.25. The summed E-state index contributed by atoms with van der Waals surface area (Å²) in [6.45, 7) is 8.41. The van der Waals surface area contributed by atoms with Gasteiger partial charge in [0, 0.05) is 38.7 Å². The smallest absolute Gasteiger partial charge is 0.224 e. The summed E-state index contributed by atoms with van der Waals surface area (Å²) in [7, 11) is 0. The molecule has 0 unspecified atom stereocenters. The Hall–Kier alpha value is -1.88. The van der Waals surface area contributed by atoms with Crippen molar-refractivity contribution in [1.82, 2.24) is 4.90 Å². The van der Waals surface area contributed by atoms with E-state index in [4.69, 9.17) is 4.74 Å². The number of hydrogen-bond acceptors (Lipinski definition) is 3. The summed E-state index contributed by atoms with van der Waals surface area (Å²) in [5.41, 5.74) is 3.04. The number of benzene rings is 1. The maximum atomic E-state index is 12.2. The summed E-state index contributed by atoms with van der Waals surface area (Å²) in [6.07, 6.45) is 0.340. The van der Waals surface area contributed by atoms with Gasteiger partial charge < -0.3 is 14.5 Å². The molecule has 1 fully saturated rings. The van der Waals surface area contributed by atoms with E-state index in [0.717, 1.165) is 16.8 Å². The highest BCUT2D eigenvalue weighted by Gasteiger charge is 2.20. The van der Waals surface area contributed by atoms with Crippen molar-refractivity contribution in [2.24, 2.45) is 0 Å². The topological polar surface area (TPSA) is 49.9 Å². The standard InChI is InChI=1S/C17H24N2O3/c1-13-4-5-14(2)16(12-13)19(15(3)20)7-6-17(21)18-8-10-22-11-9-18/h4-5,12H,6-11H2,1-3H3. The zero-order valence-electron chi connectivity index (χ0n) is 13.6. The van der Waals surface area contributed by atoms with Gasteiger partial charge in [-0.3, -0.25) is 9.59 Å². The normalized spacial score (nSPS) is 14.8. The quantitative estimate of drug-likeness (QED) is 0.854. The van der Waals surface area contributed by atoms with Crippen LogP contribution >= 0.6 is 0 Å². The molecule has 5 nitrogen and oxygen atoms in total. The van der Waals surface area contributed by atoms with Crippen molar-refractivity contribution in [2.75, 3.05) is 37.7 Å². The van der Waals surface area contributed by atoms with Gasteiger partial charge in [0.15, 0.2) is 0 Å². The molecule has 0 aromatic heterocycles. The molecule has 1 aromatic carbocycles. The maximum Gasteiger partial charge on any atom is 0.224 e. The van der Waals surface area contributed by atoms with Gasteiger partial charge in [-0.15, -0.1) is 0 Å². The Kier molecular flexibility index (Phi) is 5.55. The highest BCUT2D eigenvalue weighted by Crippen LogP contribution is 2.22. The van der Waals surface area contributed by atoms with Crippen LogP contribution in [0.1, 0.15) is 24.5 Å². The Morgan fingerprint density at radius 2 is 1.91 bits per heavy atom. The molecule has 2 amide bonds. The van der Waals surface area contributed by atoms with Crippen LogP contribution in [0, 0.1) is 13.8 Å². The van der Waals surface area contributed by atoms with Gasteiger partial charge in [0.1, 0.15) is 0 Å². The average Bonchev–Trinajstić information content (AvgIpc) is 2.51. The van der Waals surface area contributed by atoms with E-state index in [-0.39, 0.29) is 11.8 Å². The van der Waals surface area contributed by atoms with E-state index in [2.05, 4.69) is 0 Å². The first-order valence-electron chi connectivity index (χ1n) is 7.70. The van der Waals surface area contributed by atoms with Gasteiger partial charge in [-0.05, 0) is 31.0 Å². The summed E-state index contributed by atoms with van der Waals surface area (Å²) in [5, 5.41) is 0. The third-order valence-electron chi connectivity index (χ3n) is 3.95. The Morgan fingerprint density at radius 1 is 1.23 bits per heavy atom. The molecule has 120 valence electrons. The highest BCUT2D eigenvalue weighted by atomic mass is 16.5. The van der Waals surface area contributed by atoms with Crippen molar-refractivity contribution < 1.29 is 14.3 Å². The number of aryl methyl sites for hydroxylation is 2. The van der Waals surface area contributed by atoms with Crippen molar-refractivity contribution in [3.05, 3.63) is 29.3 Å². The zero-order valence-corrected chi connectivity index (χ0v) is 13.6. The van der Waals surface area contributed by atoms with E-state index >= 15 is 0 Å². The third-order valence-corrected chi connectivity index (χ3v) is 3.95. The fourth-order valence-corrected chi connectivity index (χ4v) is 2.64. The molecule has 1 heterocycles. The number of ether oxygens (including phenoxy) is 1. The second-order valence-electron chi connectivity index (χ2n) is 5.70. The Bertz CT molecular complexity index is 551. The van der Waals surface area contributed by atoms with Gasteiger partial charge in [0.25, 0.3) is 0 Å². The van der Waals surface area contributed by atoms with Crippen molar-refractivity contribution in [3.8, 4) is 0 Å². The summed E-state index contributed by atoms with van der Waals surface area (Å²) >= 11 is 0. The van der Waals surface area contributed by atoms with Crippen LogP contribution in [0.4, 0.5) is 5.69 Å². The number of morpholine rings is 1. The maximum absolute atomic E-state index is 12.2. The molecule has 0 radical (unpaired) electrons. The lowest BCUT2D eigenvalue weighted by molar-refractivity contribution is -0.135. The molecule has 0 bridgehead atoms.